The summed E-state index contributed by atoms with van der Waals surface area (Å²) < 4.78 is 11.3. The fourth-order valence-electron chi connectivity index (χ4n) is 3.01. The lowest BCUT2D eigenvalue weighted by atomic mass is 9.93. The van der Waals surface area contributed by atoms with Crippen LogP contribution in [-0.2, 0) is 11.3 Å². The second-order valence-electron chi connectivity index (χ2n) is 6.31. The summed E-state index contributed by atoms with van der Waals surface area (Å²) in [5.74, 6) is 1.38. The van der Waals surface area contributed by atoms with E-state index in [1.807, 2.05) is 17.5 Å². The Morgan fingerprint density at radius 2 is 2.32 bits per heavy atom. The molecule has 22 heavy (non-hydrogen) atoms. The van der Waals surface area contributed by atoms with Gasteiger partial charge in [-0.1, -0.05) is 18.1 Å². The Morgan fingerprint density at radius 1 is 1.45 bits per heavy atom. The minimum absolute atomic E-state index is 0.0483. The first-order chi connectivity index (χ1) is 10.6. The molecule has 1 fully saturated rings. The molecular formula is C16H23N3O2S. The van der Waals surface area contributed by atoms with Crippen molar-refractivity contribution in [1.29, 1.82) is 0 Å². The highest BCUT2D eigenvalue weighted by atomic mass is 32.1. The molecule has 3 rings (SSSR count). The number of ether oxygens (including phenoxy) is 1. The third-order valence-electron chi connectivity index (χ3n) is 4.14. The monoisotopic (exact) mass is 321 g/mol. The van der Waals surface area contributed by atoms with Crippen molar-refractivity contribution in [2.45, 2.75) is 51.8 Å². The molecule has 0 bridgehead atoms. The van der Waals surface area contributed by atoms with Crippen LogP contribution < -0.4 is 0 Å². The third kappa shape index (κ3) is 3.56. The molecule has 3 heterocycles. The number of hydrogen-bond acceptors (Lipinski definition) is 6. The van der Waals surface area contributed by atoms with Gasteiger partial charge in [0.05, 0.1) is 17.0 Å². The highest BCUT2D eigenvalue weighted by Gasteiger charge is 2.32. The number of nitrogens with zero attached hydrogens (tertiary/aromatic N) is 3. The zero-order valence-corrected chi connectivity index (χ0v) is 14.2. The summed E-state index contributed by atoms with van der Waals surface area (Å²) in [7, 11) is 0. The summed E-state index contributed by atoms with van der Waals surface area (Å²) in [6.45, 7) is 8.99. The summed E-state index contributed by atoms with van der Waals surface area (Å²) in [5, 5.41) is 6.11. The highest BCUT2D eigenvalue weighted by Crippen LogP contribution is 2.28. The fourth-order valence-corrected chi connectivity index (χ4v) is 3.66. The van der Waals surface area contributed by atoms with E-state index in [9.17, 15) is 0 Å². The van der Waals surface area contributed by atoms with Gasteiger partial charge in [0.25, 0.3) is 0 Å². The molecule has 0 radical (unpaired) electrons. The van der Waals surface area contributed by atoms with Crippen molar-refractivity contribution in [2.24, 2.45) is 0 Å². The molecule has 1 atom stereocenters. The Labute approximate surface area is 135 Å². The molecule has 2 aromatic heterocycles. The van der Waals surface area contributed by atoms with Gasteiger partial charge in [0, 0.05) is 12.6 Å². The first-order valence-electron chi connectivity index (χ1n) is 7.82. The minimum atomic E-state index is -0.0483. The molecule has 0 aliphatic carbocycles. The van der Waals surface area contributed by atoms with Crippen molar-refractivity contribution in [1.82, 2.24) is 15.0 Å². The van der Waals surface area contributed by atoms with Gasteiger partial charge in [0.15, 0.2) is 0 Å². The van der Waals surface area contributed by atoms with Gasteiger partial charge < -0.3 is 9.26 Å². The van der Waals surface area contributed by atoms with Crippen molar-refractivity contribution in [3.63, 3.8) is 0 Å². The third-order valence-corrected chi connectivity index (χ3v) is 5.01. The first-order valence-corrected chi connectivity index (χ1v) is 8.70. The molecular weight excluding hydrogens is 298 g/mol. The molecule has 6 heteroatoms. The second-order valence-corrected chi connectivity index (χ2v) is 7.25. The lowest BCUT2D eigenvalue weighted by Crippen LogP contribution is -2.45. The van der Waals surface area contributed by atoms with Gasteiger partial charge in [0.1, 0.15) is 0 Å². The first kappa shape index (κ1) is 15.6. The van der Waals surface area contributed by atoms with Crippen LogP contribution in [0.1, 0.15) is 39.5 Å². The standard InChI is InChI=1S/C16H23N3O2S/c1-4-19(12-7-8-20-16(2,3)10-12)11-14-17-15(18-21-14)13-6-5-9-22-13/h5-6,9,12H,4,7-8,10-11H2,1-3H3. The largest absolute Gasteiger partial charge is 0.375 e. The number of rotatable bonds is 5. The lowest BCUT2D eigenvalue weighted by Gasteiger charge is -2.40. The molecule has 5 nitrogen and oxygen atoms in total. The van der Waals surface area contributed by atoms with Crippen LogP contribution in [-0.4, -0.2) is 39.8 Å². The predicted octanol–water partition coefficient (Wildman–Crippen LogP) is 3.58. The number of hydrogen-bond donors (Lipinski definition) is 0. The van der Waals surface area contributed by atoms with E-state index in [1.54, 1.807) is 11.3 Å². The van der Waals surface area contributed by atoms with Gasteiger partial charge in [-0.2, -0.15) is 4.98 Å². The fraction of sp³-hybridized carbons (Fsp3) is 0.625. The molecule has 1 unspecified atom stereocenters. The average molecular weight is 321 g/mol. The summed E-state index contributed by atoms with van der Waals surface area (Å²) in [6.07, 6.45) is 2.09. The molecule has 0 aromatic carbocycles. The van der Waals surface area contributed by atoms with Crippen molar-refractivity contribution >= 4 is 11.3 Å². The van der Waals surface area contributed by atoms with Gasteiger partial charge >= 0.3 is 0 Å². The van der Waals surface area contributed by atoms with Crippen LogP contribution in [0, 0.1) is 0 Å². The zero-order valence-electron chi connectivity index (χ0n) is 13.4. The molecule has 0 N–H and O–H groups in total. The molecule has 0 spiro atoms. The van der Waals surface area contributed by atoms with E-state index in [-0.39, 0.29) is 5.60 Å². The molecule has 120 valence electrons. The lowest BCUT2D eigenvalue weighted by molar-refractivity contribution is -0.0848. The quantitative estimate of drug-likeness (QED) is 0.842. The SMILES string of the molecule is CCN(Cc1nc(-c2cccs2)no1)C1CCOC(C)(C)C1. The van der Waals surface area contributed by atoms with Gasteiger partial charge in [0.2, 0.25) is 11.7 Å². The van der Waals surface area contributed by atoms with Gasteiger partial charge in [-0.25, -0.2) is 0 Å². The zero-order chi connectivity index (χ0) is 15.6. The van der Waals surface area contributed by atoms with Crippen molar-refractivity contribution < 1.29 is 9.26 Å². The van der Waals surface area contributed by atoms with Crippen LogP contribution in [0.15, 0.2) is 22.0 Å². The van der Waals surface area contributed by atoms with Gasteiger partial charge in [-0.05, 0) is 44.7 Å². The van der Waals surface area contributed by atoms with E-state index < -0.39 is 0 Å². The number of aromatic nitrogens is 2. The van der Waals surface area contributed by atoms with E-state index in [2.05, 4.69) is 35.8 Å². The van der Waals surface area contributed by atoms with E-state index in [4.69, 9.17) is 9.26 Å². The van der Waals surface area contributed by atoms with Crippen molar-refractivity contribution in [3.8, 4) is 10.7 Å². The maximum absolute atomic E-state index is 5.82. The predicted molar refractivity (Wildman–Crippen MR) is 86.7 cm³/mol. The van der Waals surface area contributed by atoms with Crippen LogP contribution in [0.2, 0.25) is 0 Å². The van der Waals surface area contributed by atoms with Gasteiger partial charge in [-0.15, -0.1) is 11.3 Å². The van der Waals surface area contributed by atoms with Crippen LogP contribution in [0.4, 0.5) is 0 Å². The maximum atomic E-state index is 5.82. The Morgan fingerprint density at radius 3 is 3.00 bits per heavy atom. The molecule has 1 aliphatic rings. The molecule has 1 saturated heterocycles. The summed E-state index contributed by atoms with van der Waals surface area (Å²) in [6, 6.07) is 4.52. The van der Waals surface area contributed by atoms with Crippen LogP contribution in [0.25, 0.3) is 10.7 Å². The smallest absolute Gasteiger partial charge is 0.241 e. The molecule has 2 aromatic rings. The van der Waals surface area contributed by atoms with E-state index in [0.717, 1.165) is 30.9 Å². The Kier molecular flexibility index (Phi) is 4.61. The number of thiophene rings is 1. The maximum Gasteiger partial charge on any atom is 0.241 e. The minimum Gasteiger partial charge on any atom is -0.375 e. The Hall–Kier alpha value is -1.24. The van der Waals surface area contributed by atoms with Crippen LogP contribution in [0.3, 0.4) is 0 Å². The van der Waals surface area contributed by atoms with E-state index in [0.29, 0.717) is 24.3 Å². The normalized spacial score (nSPS) is 21.4. The topological polar surface area (TPSA) is 51.4 Å². The average Bonchev–Trinajstić information content (AvgIpc) is 3.14. The van der Waals surface area contributed by atoms with Crippen LogP contribution in [0.5, 0.6) is 0 Å². The van der Waals surface area contributed by atoms with E-state index in [1.165, 1.54) is 0 Å². The molecule has 1 aliphatic heterocycles. The molecule has 0 saturated carbocycles. The van der Waals surface area contributed by atoms with Crippen molar-refractivity contribution in [2.75, 3.05) is 13.2 Å². The van der Waals surface area contributed by atoms with Crippen LogP contribution >= 0.6 is 11.3 Å². The van der Waals surface area contributed by atoms with Gasteiger partial charge in [-0.3, -0.25) is 4.90 Å². The summed E-state index contributed by atoms with van der Waals surface area (Å²) in [4.78, 5) is 7.99. The Bertz CT molecular complexity index is 594. The molecule has 0 amide bonds. The van der Waals surface area contributed by atoms with Crippen molar-refractivity contribution in [3.05, 3.63) is 23.4 Å². The summed E-state index contributed by atoms with van der Waals surface area (Å²) >= 11 is 1.63. The Balaban J connectivity index is 1.68. The highest BCUT2D eigenvalue weighted by molar-refractivity contribution is 7.13. The second kappa shape index (κ2) is 6.48. The van der Waals surface area contributed by atoms with E-state index >= 15 is 0 Å². The summed E-state index contributed by atoms with van der Waals surface area (Å²) in [5.41, 5.74) is -0.0483.